The number of aromatic amines is 1. The van der Waals surface area contributed by atoms with E-state index in [1.54, 1.807) is 6.08 Å². The minimum Gasteiger partial charge on any atom is -0.480 e. The predicted octanol–water partition coefficient (Wildman–Crippen LogP) is 0.942. The number of carbonyl (C=O) groups excluding carboxylic acids is 1. The standard InChI is InChI=1S/C13H12N2O3/c16-12(15-8-13(17)18)6-5-9-7-14-11-4-2-1-3-10(9)11/h3-4,7,14H,5-6,8H2,(H,15,16)(H,17,18). The van der Waals surface area contributed by atoms with Crippen LogP contribution in [0.3, 0.4) is 0 Å². The lowest BCUT2D eigenvalue weighted by Gasteiger charge is -2.03. The summed E-state index contributed by atoms with van der Waals surface area (Å²) in [6.07, 6.45) is 6.28. The summed E-state index contributed by atoms with van der Waals surface area (Å²) in [6, 6.07) is 0. The molecule has 0 unspecified atom stereocenters. The molecule has 1 aliphatic carbocycles. The summed E-state index contributed by atoms with van der Waals surface area (Å²) in [6.45, 7) is -0.338. The average Bonchev–Trinajstić information content (AvgIpc) is 2.77. The second-order valence-corrected chi connectivity index (χ2v) is 3.89. The van der Waals surface area contributed by atoms with Gasteiger partial charge in [-0.05, 0) is 18.1 Å². The van der Waals surface area contributed by atoms with Crippen molar-refractivity contribution in [1.82, 2.24) is 10.3 Å². The summed E-state index contributed by atoms with van der Waals surface area (Å²) in [5, 5.41) is 10.8. The van der Waals surface area contributed by atoms with E-state index in [1.807, 2.05) is 12.3 Å². The fourth-order valence-corrected chi connectivity index (χ4v) is 1.73. The SMILES string of the molecule is O=C(O)CNC(=O)CCc1c[nH]c2c1C=C=C=C2. The van der Waals surface area contributed by atoms with Crippen LogP contribution in [0.1, 0.15) is 23.2 Å². The Kier molecular flexibility index (Phi) is 3.49. The van der Waals surface area contributed by atoms with Crippen molar-refractivity contribution in [2.24, 2.45) is 0 Å². The Morgan fingerprint density at radius 3 is 2.89 bits per heavy atom. The van der Waals surface area contributed by atoms with E-state index >= 15 is 0 Å². The molecule has 0 radical (unpaired) electrons. The van der Waals surface area contributed by atoms with Gasteiger partial charge in [0.1, 0.15) is 6.54 Å². The van der Waals surface area contributed by atoms with Gasteiger partial charge in [0.15, 0.2) is 0 Å². The van der Waals surface area contributed by atoms with Crippen LogP contribution >= 0.6 is 0 Å². The number of aromatic nitrogens is 1. The smallest absolute Gasteiger partial charge is 0.322 e. The van der Waals surface area contributed by atoms with Crippen LogP contribution in [0.2, 0.25) is 0 Å². The second-order valence-electron chi connectivity index (χ2n) is 3.89. The van der Waals surface area contributed by atoms with Gasteiger partial charge < -0.3 is 15.4 Å². The highest BCUT2D eigenvalue weighted by Gasteiger charge is 2.10. The Morgan fingerprint density at radius 1 is 1.33 bits per heavy atom. The molecular formula is C13H12N2O3. The lowest BCUT2D eigenvalue weighted by molar-refractivity contribution is -0.137. The Labute approximate surface area is 104 Å². The largest absolute Gasteiger partial charge is 0.480 e. The number of H-pyrrole nitrogens is 1. The number of carboxylic acids is 1. The zero-order valence-electron chi connectivity index (χ0n) is 9.62. The lowest BCUT2D eigenvalue weighted by atomic mass is 10.0. The van der Waals surface area contributed by atoms with Crippen LogP contribution in [0, 0.1) is 0 Å². The van der Waals surface area contributed by atoms with E-state index < -0.39 is 5.97 Å². The number of hydrogen-bond donors (Lipinski definition) is 3. The molecule has 2 rings (SSSR count). The van der Waals surface area contributed by atoms with E-state index in [1.165, 1.54) is 0 Å². The minimum absolute atomic E-state index is 0.263. The first-order valence-corrected chi connectivity index (χ1v) is 5.53. The Hall–Kier alpha value is -2.48. The highest BCUT2D eigenvalue weighted by Crippen LogP contribution is 2.20. The minimum atomic E-state index is -1.04. The number of carbonyl (C=O) groups is 2. The van der Waals surface area contributed by atoms with Gasteiger partial charge in [-0.1, -0.05) is 11.5 Å². The van der Waals surface area contributed by atoms with Crippen LogP contribution in [-0.2, 0) is 16.0 Å². The van der Waals surface area contributed by atoms with E-state index in [2.05, 4.69) is 21.8 Å². The summed E-state index contributed by atoms with van der Waals surface area (Å²) < 4.78 is 0. The summed E-state index contributed by atoms with van der Waals surface area (Å²) >= 11 is 0. The maximum atomic E-state index is 11.4. The second kappa shape index (κ2) is 5.23. The van der Waals surface area contributed by atoms with Gasteiger partial charge in [0.25, 0.3) is 0 Å². The van der Waals surface area contributed by atoms with Gasteiger partial charge >= 0.3 is 5.97 Å². The first-order chi connectivity index (χ1) is 8.66. The maximum absolute atomic E-state index is 11.4. The third-order valence-corrected chi connectivity index (χ3v) is 2.61. The topological polar surface area (TPSA) is 82.2 Å². The van der Waals surface area contributed by atoms with Gasteiger partial charge in [0.2, 0.25) is 5.91 Å². The van der Waals surface area contributed by atoms with Gasteiger partial charge in [-0.15, -0.1) is 0 Å². The Balaban J connectivity index is 1.90. The normalized spacial score (nSPS) is 11.3. The van der Waals surface area contributed by atoms with Crippen molar-refractivity contribution in [3.63, 3.8) is 0 Å². The van der Waals surface area contributed by atoms with Crippen molar-refractivity contribution < 1.29 is 14.7 Å². The van der Waals surface area contributed by atoms with E-state index in [9.17, 15) is 9.59 Å². The summed E-state index contributed by atoms with van der Waals surface area (Å²) in [7, 11) is 0. The zero-order valence-corrected chi connectivity index (χ0v) is 9.62. The molecule has 3 N–H and O–H groups in total. The molecule has 5 heteroatoms. The highest BCUT2D eigenvalue weighted by atomic mass is 16.4. The first kappa shape index (κ1) is 12.0. The number of amides is 1. The monoisotopic (exact) mass is 244 g/mol. The maximum Gasteiger partial charge on any atom is 0.322 e. The van der Waals surface area contributed by atoms with E-state index in [0.29, 0.717) is 6.42 Å². The molecule has 1 amide bonds. The van der Waals surface area contributed by atoms with Crippen molar-refractivity contribution in [2.75, 3.05) is 6.54 Å². The van der Waals surface area contributed by atoms with Crippen molar-refractivity contribution in [3.8, 4) is 0 Å². The number of rotatable bonds is 5. The molecule has 0 spiro atoms. The Bertz CT molecular complexity index is 585. The highest BCUT2D eigenvalue weighted by molar-refractivity contribution is 5.81. The zero-order chi connectivity index (χ0) is 13.0. The summed E-state index contributed by atoms with van der Waals surface area (Å²) in [5.74, 6) is -1.31. The van der Waals surface area contributed by atoms with Crippen LogP contribution in [0.4, 0.5) is 0 Å². The van der Waals surface area contributed by atoms with Gasteiger partial charge in [-0.25, -0.2) is 0 Å². The predicted molar refractivity (Wildman–Crippen MR) is 65.7 cm³/mol. The van der Waals surface area contributed by atoms with Gasteiger partial charge in [-0.2, -0.15) is 0 Å². The number of aryl methyl sites for hydroxylation is 1. The molecular weight excluding hydrogens is 232 g/mol. The van der Waals surface area contributed by atoms with E-state index in [4.69, 9.17) is 5.11 Å². The summed E-state index contributed by atoms with van der Waals surface area (Å²) in [5.41, 5.74) is 8.69. The Morgan fingerprint density at radius 2 is 2.11 bits per heavy atom. The van der Waals surface area contributed by atoms with Crippen LogP contribution in [0.15, 0.2) is 17.7 Å². The number of nitrogens with one attached hydrogen (secondary N) is 2. The van der Waals surface area contributed by atoms with Gasteiger partial charge in [0, 0.05) is 24.3 Å². The molecule has 0 aromatic carbocycles. The fraction of sp³-hybridized carbons (Fsp3) is 0.231. The molecule has 18 heavy (non-hydrogen) atoms. The van der Waals surface area contributed by atoms with E-state index in [0.717, 1.165) is 16.8 Å². The molecule has 0 atom stereocenters. The molecule has 5 nitrogen and oxygen atoms in total. The molecule has 1 aromatic rings. The molecule has 0 fully saturated rings. The summed E-state index contributed by atoms with van der Waals surface area (Å²) in [4.78, 5) is 24.7. The molecule has 1 aliphatic rings. The van der Waals surface area contributed by atoms with Crippen LogP contribution < -0.4 is 5.32 Å². The van der Waals surface area contributed by atoms with Crippen molar-refractivity contribution in [1.29, 1.82) is 0 Å². The van der Waals surface area contributed by atoms with Crippen LogP contribution in [0.25, 0.3) is 12.2 Å². The first-order valence-electron chi connectivity index (χ1n) is 5.53. The lowest BCUT2D eigenvalue weighted by Crippen LogP contribution is -2.29. The molecule has 0 saturated heterocycles. The van der Waals surface area contributed by atoms with E-state index in [-0.39, 0.29) is 18.9 Å². The van der Waals surface area contributed by atoms with Gasteiger partial charge in [0.05, 0.1) is 5.69 Å². The number of fused-ring (bicyclic) bond motifs is 1. The number of aliphatic carboxylic acids is 1. The van der Waals surface area contributed by atoms with Gasteiger partial charge in [-0.3, -0.25) is 9.59 Å². The third kappa shape index (κ3) is 2.80. The average molecular weight is 244 g/mol. The van der Waals surface area contributed by atoms with Crippen molar-refractivity contribution in [2.45, 2.75) is 12.8 Å². The quantitative estimate of drug-likeness (QED) is 0.684. The third-order valence-electron chi connectivity index (χ3n) is 2.61. The molecule has 0 saturated carbocycles. The van der Waals surface area contributed by atoms with Crippen LogP contribution in [-0.4, -0.2) is 28.5 Å². The molecule has 92 valence electrons. The molecule has 0 aliphatic heterocycles. The van der Waals surface area contributed by atoms with Crippen molar-refractivity contribution in [3.05, 3.63) is 34.5 Å². The number of hydrogen-bond acceptors (Lipinski definition) is 2. The number of carboxylic acid groups (broad SMARTS) is 1. The molecule has 1 heterocycles. The fourth-order valence-electron chi connectivity index (χ4n) is 1.73. The van der Waals surface area contributed by atoms with Crippen molar-refractivity contribution >= 4 is 24.0 Å². The molecule has 0 bridgehead atoms. The van der Waals surface area contributed by atoms with Crippen LogP contribution in [0.5, 0.6) is 0 Å². The molecule has 1 aromatic heterocycles.